The Balaban J connectivity index is 2.44. The molecular weight excluding hydrogens is 233 g/mol. The van der Waals surface area contributed by atoms with Crippen LogP contribution in [0.3, 0.4) is 0 Å². The maximum atomic E-state index is 12.8. The van der Waals surface area contributed by atoms with E-state index in [1.807, 2.05) is 30.9 Å². The largest absolute Gasteiger partial charge is 0.319 e. The summed E-state index contributed by atoms with van der Waals surface area (Å²) in [6.45, 7) is 1.03. The Bertz CT molecular complexity index is 300. The van der Waals surface area contributed by atoms with Crippen LogP contribution in [0.1, 0.15) is 18.4 Å². The molecule has 1 aromatic rings. The number of halogens is 1. The molecule has 0 bridgehead atoms. The molecule has 1 atom stereocenters. The van der Waals surface area contributed by atoms with Gasteiger partial charge in [-0.1, -0.05) is 12.1 Å². The summed E-state index contributed by atoms with van der Waals surface area (Å²) in [6.07, 6.45) is 5.68. The van der Waals surface area contributed by atoms with Crippen molar-refractivity contribution < 1.29 is 4.39 Å². The first-order valence-corrected chi connectivity index (χ1v) is 7.53. The zero-order valence-corrected chi connectivity index (χ0v) is 11.5. The number of nitrogens with one attached hydrogen (secondary N) is 1. The lowest BCUT2D eigenvalue weighted by atomic mass is 9.95. The van der Waals surface area contributed by atoms with Gasteiger partial charge in [-0.2, -0.15) is 11.8 Å². The van der Waals surface area contributed by atoms with E-state index in [-0.39, 0.29) is 5.82 Å². The van der Waals surface area contributed by atoms with Crippen molar-refractivity contribution >= 4 is 11.8 Å². The topological polar surface area (TPSA) is 12.0 Å². The predicted molar refractivity (Wildman–Crippen MR) is 75.1 cm³/mol. The van der Waals surface area contributed by atoms with Crippen LogP contribution in [-0.4, -0.2) is 25.6 Å². The van der Waals surface area contributed by atoms with Crippen molar-refractivity contribution in [2.24, 2.45) is 5.92 Å². The van der Waals surface area contributed by atoms with E-state index in [0.29, 0.717) is 5.92 Å². The van der Waals surface area contributed by atoms with Gasteiger partial charge in [0.05, 0.1) is 0 Å². The maximum Gasteiger partial charge on any atom is 0.123 e. The van der Waals surface area contributed by atoms with Gasteiger partial charge < -0.3 is 5.32 Å². The van der Waals surface area contributed by atoms with Crippen molar-refractivity contribution in [2.75, 3.05) is 25.6 Å². The standard InChI is InChI=1S/C14H22FNS/c1-16-11-13(4-3-9-17-2)10-12-5-7-14(15)8-6-12/h5-8,13,16H,3-4,9-11H2,1-2H3. The van der Waals surface area contributed by atoms with Crippen LogP contribution in [0.25, 0.3) is 0 Å². The van der Waals surface area contributed by atoms with Crippen LogP contribution in [0, 0.1) is 11.7 Å². The van der Waals surface area contributed by atoms with Crippen LogP contribution in [-0.2, 0) is 6.42 Å². The summed E-state index contributed by atoms with van der Waals surface area (Å²) in [5, 5.41) is 3.25. The molecule has 0 aliphatic carbocycles. The lowest BCUT2D eigenvalue weighted by Gasteiger charge is -2.16. The molecule has 0 saturated heterocycles. The number of hydrogen-bond acceptors (Lipinski definition) is 2. The molecule has 0 aliphatic heterocycles. The van der Waals surface area contributed by atoms with Crippen LogP contribution in [0.2, 0.25) is 0 Å². The molecular formula is C14H22FNS. The zero-order chi connectivity index (χ0) is 12.5. The molecule has 0 amide bonds. The second-order valence-corrected chi connectivity index (χ2v) is 5.37. The van der Waals surface area contributed by atoms with Gasteiger partial charge in [0, 0.05) is 0 Å². The average molecular weight is 255 g/mol. The molecule has 1 nitrogen and oxygen atoms in total. The Morgan fingerprint density at radius 2 is 2.00 bits per heavy atom. The summed E-state index contributed by atoms with van der Waals surface area (Å²) in [4.78, 5) is 0. The third kappa shape index (κ3) is 6.08. The quantitative estimate of drug-likeness (QED) is 0.715. The Labute approximate surface area is 108 Å². The van der Waals surface area contributed by atoms with Gasteiger partial charge in [0.25, 0.3) is 0 Å². The number of benzene rings is 1. The Morgan fingerprint density at radius 1 is 1.29 bits per heavy atom. The maximum absolute atomic E-state index is 12.8. The summed E-state index contributed by atoms with van der Waals surface area (Å²) in [5.41, 5.74) is 1.23. The number of hydrogen-bond donors (Lipinski definition) is 1. The van der Waals surface area contributed by atoms with Crippen molar-refractivity contribution in [1.29, 1.82) is 0 Å². The fourth-order valence-electron chi connectivity index (χ4n) is 2.04. The van der Waals surface area contributed by atoms with Crippen molar-refractivity contribution in [3.8, 4) is 0 Å². The van der Waals surface area contributed by atoms with Crippen molar-refractivity contribution in [2.45, 2.75) is 19.3 Å². The number of rotatable bonds is 8. The van der Waals surface area contributed by atoms with E-state index in [4.69, 9.17) is 0 Å². The van der Waals surface area contributed by atoms with Gasteiger partial charge in [0.2, 0.25) is 0 Å². The lowest BCUT2D eigenvalue weighted by molar-refractivity contribution is 0.457. The predicted octanol–water partition coefficient (Wildman–Crippen LogP) is 3.35. The molecule has 0 saturated carbocycles. The molecule has 1 unspecified atom stereocenters. The molecule has 1 rings (SSSR count). The molecule has 1 aromatic carbocycles. The minimum absolute atomic E-state index is 0.152. The van der Waals surface area contributed by atoms with E-state index in [9.17, 15) is 4.39 Å². The van der Waals surface area contributed by atoms with E-state index in [2.05, 4.69) is 11.6 Å². The third-order valence-electron chi connectivity index (χ3n) is 2.89. The summed E-state index contributed by atoms with van der Waals surface area (Å²) in [6, 6.07) is 6.89. The highest BCUT2D eigenvalue weighted by molar-refractivity contribution is 7.98. The van der Waals surface area contributed by atoms with Crippen molar-refractivity contribution in [3.63, 3.8) is 0 Å². The van der Waals surface area contributed by atoms with Crippen LogP contribution >= 0.6 is 11.8 Å². The van der Waals surface area contributed by atoms with Crippen LogP contribution < -0.4 is 5.32 Å². The van der Waals surface area contributed by atoms with Gasteiger partial charge in [-0.25, -0.2) is 4.39 Å². The summed E-state index contributed by atoms with van der Waals surface area (Å²) in [7, 11) is 1.99. The Hall–Kier alpha value is -0.540. The minimum Gasteiger partial charge on any atom is -0.319 e. The Kier molecular flexibility index (Phi) is 7.29. The fraction of sp³-hybridized carbons (Fsp3) is 0.571. The molecule has 17 heavy (non-hydrogen) atoms. The van der Waals surface area contributed by atoms with Gasteiger partial charge in [0.15, 0.2) is 0 Å². The molecule has 0 fully saturated rings. The molecule has 0 aromatic heterocycles. The molecule has 0 heterocycles. The third-order valence-corrected chi connectivity index (χ3v) is 3.59. The normalized spacial score (nSPS) is 12.6. The zero-order valence-electron chi connectivity index (χ0n) is 10.7. The van der Waals surface area contributed by atoms with Gasteiger partial charge in [0.1, 0.15) is 5.82 Å². The first-order chi connectivity index (χ1) is 8.26. The first-order valence-electron chi connectivity index (χ1n) is 6.14. The highest BCUT2D eigenvalue weighted by Crippen LogP contribution is 2.15. The van der Waals surface area contributed by atoms with E-state index < -0.39 is 0 Å². The van der Waals surface area contributed by atoms with Gasteiger partial charge >= 0.3 is 0 Å². The Morgan fingerprint density at radius 3 is 2.59 bits per heavy atom. The fourth-order valence-corrected chi connectivity index (χ4v) is 2.49. The van der Waals surface area contributed by atoms with Crippen LogP contribution in [0.4, 0.5) is 4.39 Å². The van der Waals surface area contributed by atoms with Crippen molar-refractivity contribution in [1.82, 2.24) is 5.32 Å². The highest BCUT2D eigenvalue weighted by Gasteiger charge is 2.08. The molecule has 0 aliphatic rings. The van der Waals surface area contributed by atoms with Gasteiger partial charge in [-0.3, -0.25) is 0 Å². The second-order valence-electron chi connectivity index (χ2n) is 4.39. The second kappa shape index (κ2) is 8.54. The monoisotopic (exact) mass is 255 g/mol. The summed E-state index contributed by atoms with van der Waals surface area (Å²) >= 11 is 1.90. The van der Waals surface area contributed by atoms with E-state index in [0.717, 1.165) is 13.0 Å². The van der Waals surface area contributed by atoms with E-state index in [1.165, 1.54) is 24.2 Å². The minimum atomic E-state index is -0.152. The number of thioether (sulfide) groups is 1. The van der Waals surface area contributed by atoms with E-state index in [1.54, 1.807) is 12.1 Å². The van der Waals surface area contributed by atoms with Crippen LogP contribution in [0.5, 0.6) is 0 Å². The first kappa shape index (κ1) is 14.5. The average Bonchev–Trinajstić information content (AvgIpc) is 2.32. The van der Waals surface area contributed by atoms with E-state index >= 15 is 0 Å². The SMILES string of the molecule is CNCC(CCCSC)Cc1ccc(F)cc1. The molecule has 96 valence electrons. The highest BCUT2D eigenvalue weighted by atomic mass is 32.2. The van der Waals surface area contributed by atoms with Crippen molar-refractivity contribution in [3.05, 3.63) is 35.6 Å². The summed E-state index contributed by atoms with van der Waals surface area (Å²) in [5.74, 6) is 1.72. The van der Waals surface area contributed by atoms with Gasteiger partial charge in [-0.15, -0.1) is 0 Å². The summed E-state index contributed by atoms with van der Waals surface area (Å²) < 4.78 is 12.8. The smallest absolute Gasteiger partial charge is 0.123 e. The molecule has 0 radical (unpaired) electrons. The van der Waals surface area contributed by atoms with Crippen LogP contribution in [0.15, 0.2) is 24.3 Å². The molecule has 1 N–H and O–H groups in total. The lowest BCUT2D eigenvalue weighted by Crippen LogP contribution is -2.21. The van der Waals surface area contributed by atoms with Gasteiger partial charge in [-0.05, 0) is 68.5 Å². The molecule has 0 spiro atoms. The molecule has 3 heteroatoms.